The fourth-order valence-corrected chi connectivity index (χ4v) is 2.75. The van der Waals surface area contributed by atoms with Gasteiger partial charge < -0.3 is 10.2 Å². The van der Waals surface area contributed by atoms with Gasteiger partial charge in [-0.05, 0) is 18.4 Å². The Hall–Kier alpha value is -1.35. The van der Waals surface area contributed by atoms with Crippen LogP contribution in [0.2, 0.25) is 0 Å². The van der Waals surface area contributed by atoms with Gasteiger partial charge in [0.25, 0.3) is 0 Å². The molecule has 1 amide bonds. The first-order valence-electron chi connectivity index (χ1n) is 5.95. The lowest BCUT2D eigenvalue weighted by molar-refractivity contribution is -0.137. The Morgan fingerprint density at radius 2 is 2.06 bits per heavy atom. The predicted octanol–water partition coefficient (Wildman–Crippen LogP) is 1.32. The Balaban J connectivity index is 1.85. The molecule has 0 radical (unpaired) electrons. The Morgan fingerprint density at radius 3 is 2.88 bits per heavy atom. The van der Waals surface area contributed by atoms with Crippen LogP contribution in [0.3, 0.4) is 0 Å². The molecule has 3 heteroatoms. The molecule has 84 valence electrons. The van der Waals surface area contributed by atoms with Crippen molar-refractivity contribution >= 4 is 5.91 Å². The van der Waals surface area contributed by atoms with E-state index in [9.17, 15) is 4.79 Å². The van der Waals surface area contributed by atoms with Crippen molar-refractivity contribution in [1.29, 1.82) is 0 Å². The maximum atomic E-state index is 12.3. The SMILES string of the molecule is O=C1C(c2ccccc2)NCC2CCCN12. The predicted molar refractivity (Wildman–Crippen MR) is 61.9 cm³/mol. The smallest absolute Gasteiger partial charge is 0.244 e. The van der Waals surface area contributed by atoms with Gasteiger partial charge in [-0.15, -0.1) is 0 Å². The van der Waals surface area contributed by atoms with Crippen LogP contribution < -0.4 is 5.32 Å². The maximum absolute atomic E-state index is 12.3. The van der Waals surface area contributed by atoms with Gasteiger partial charge in [0.05, 0.1) is 0 Å². The lowest BCUT2D eigenvalue weighted by Crippen LogP contribution is -2.53. The molecule has 0 aromatic heterocycles. The fourth-order valence-electron chi connectivity index (χ4n) is 2.75. The zero-order chi connectivity index (χ0) is 11.0. The number of nitrogens with zero attached hydrogens (tertiary/aromatic N) is 1. The minimum atomic E-state index is -0.129. The van der Waals surface area contributed by atoms with E-state index < -0.39 is 0 Å². The number of carbonyl (C=O) groups excluding carboxylic acids is 1. The zero-order valence-electron chi connectivity index (χ0n) is 9.23. The Morgan fingerprint density at radius 1 is 1.25 bits per heavy atom. The molecular formula is C13H16N2O. The summed E-state index contributed by atoms with van der Waals surface area (Å²) in [6.45, 7) is 1.87. The van der Waals surface area contributed by atoms with Gasteiger partial charge in [0.15, 0.2) is 0 Å². The second-order valence-corrected chi connectivity index (χ2v) is 4.58. The number of fused-ring (bicyclic) bond motifs is 1. The van der Waals surface area contributed by atoms with Gasteiger partial charge in [-0.2, -0.15) is 0 Å². The Bertz CT molecular complexity index is 390. The van der Waals surface area contributed by atoms with Gasteiger partial charge in [0.1, 0.15) is 6.04 Å². The highest BCUT2D eigenvalue weighted by molar-refractivity contribution is 5.84. The molecule has 3 rings (SSSR count). The maximum Gasteiger partial charge on any atom is 0.244 e. The summed E-state index contributed by atoms with van der Waals surface area (Å²) in [5.41, 5.74) is 1.08. The molecule has 2 aliphatic rings. The molecule has 0 aliphatic carbocycles. The summed E-state index contributed by atoms with van der Waals surface area (Å²) in [6, 6.07) is 10.3. The van der Waals surface area contributed by atoms with E-state index in [0.717, 1.165) is 31.5 Å². The summed E-state index contributed by atoms with van der Waals surface area (Å²) < 4.78 is 0. The molecule has 0 saturated carbocycles. The van der Waals surface area contributed by atoms with E-state index in [4.69, 9.17) is 0 Å². The van der Waals surface area contributed by atoms with Crippen LogP contribution >= 0.6 is 0 Å². The molecule has 2 heterocycles. The third-order valence-corrected chi connectivity index (χ3v) is 3.60. The molecule has 2 fully saturated rings. The first-order chi connectivity index (χ1) is 7.86. The number of amides is 1. The summed E-state index contributed by atoms with van der Waals surface area (Å²) in [7, 11) is 0. The first kappa shape index (κ1) is 9.85. The molecule has 0 spiro atoms. The van der Waals surface area contributed by atoms with Gasteiger partial charge in [0.2, 0.25) is 5.91 Å². The number of benzene rings is 1. The van der Waals surface area contributed by atoms with E-state index in [0.29, 0.717) is 6.04 Å². The van der Waals surface area contributed by atoms with E-state index in [-0.39, 0.29) is 11.9 Å². The molecule has 1 aromatic rings. The molecule has 3 nitrogen and oxygen atoms in total. The van der Waals surface area contributed by atoms with Crippen LogP contribution in [0, 0.1) is 0 Å². The van der Waals surface area contributed by atoms with E-state index in [2.05, 4.69) is 5.32 Å². The summed E-state index contributed by atoms with van der Waals surface area (Å²) in [6.07, 6.45) is 2.31. The van der Waals surface area contributed by atoms with E-state index >= 15 is 0 Å². The highest BCUT2D eigenvalue weighted by Crippen LogP contribution is 2.27. The van der Waals surface area contributed by atoms with Crippen molar-refractivity contribution < 1.29 is 4.79 Å². The minimum absolute atomic E-state index is 0.129. The summed E-state index contributed by atoms with van der Waals surface area (Å²) in [5.74, 6) is 0.250. The quantitative estimate of drug-likeness (QED) is 0.768. The van der Waals surface area contributed by atoms with Gasteiger partial charge >= 0.3 is 0 Å². The number of piperazine rings is 1. The third kappa shape index (κ3) is 1.52. The van der Waals surface area contributed by atoms with Crippen LogP contribution in [0.15, 0.2) is 30.3 Å². The zero-order valence-corrected chi connectivity index (χ0v) is 9.23. The standard InChI is InChI=1S/C13H16N2O/c16-13-12(10-5-2-1-3-6-10)14-9-11-7-4-8-15(11)13/h1-3,5-6,11-12,14H,4,7-9H2. The van der Waals surface area contributed by atoms with Crippen LogP contribution in [0.1, 0.15) is 24.4 Å². The van der Waals surface area contributed by atoms with Crippen molar-refractivity contribution in [2.75, 3.05) is 13.1 Å². The monoisotopic (exact) mass is 216 g/mol. The summed E-state index contributed by atoms with van der Waals surface area (Å²) >= 11 is 0. The highest BCUT2D eigenvalue weighted by Gasteiger charge is 2.37. The number of hydrogen-bond donors (Lipinski definition) is 1. The molecule has 2 unspecified atom stereocenters. The lowest BCUT2D eigenvalue weighted by atomic mass is 10.0. The number of carbonyl (C=O) groups is 1. The Kier molecular flexibility index (Phi) is 2.40. The second-order valence-electron chi connectivity index (χ2n) is 4.58. The highest BCUT2D eigenvalue weighted by atomic mass is 16.2. The van der Waals surface area contributed by atoms with Crippen LogP contribution in [-0.2, 0) is 4.79 Å². The fraction of sp³-hybridized carbons (Fsp3) is 0.462. The average molecular weight is 216 g/mol. The van der Waals surface area contributed by atoms with Crippen molar-refractivity contribution in [3.63, 3.8) is 0 Å². The summed E-state index contributed by atoms with van der Waals surface area (Å²) in [5, 5.41) is 3.37. The molecule has 1 aromatic carbocycles. The van der Waals surface area contributed by atoms with Crippen LogP contribution in [0.25, 0.3) is 0 Å². The normalized spacial score (nSPS) is 29.2. The van der Waals surface area contributed by atoms with Crippen molar-refractivity contribution in [2.45, 2.75) is 24.9 Å². The molecule has 2 saturated heterocycles. The first-order valence-corrected chi connectivity index (χ1v) is 5.95. The molecule has 2 aliphatic heterocycles. The average Bonchev–Trinajstić information content (AvgIpc) is 2.80. The van der Waals surface area contributed by atoms with E-state index in [1.807, 2.05) is 35.2 Å². The minimum Gasteiger partial charge on any atom is -0.337 e. The van der Waals surface area contributed by atoms with Crippen molar-refractivity contribution in [1.82, 2.24) is 10.2 Å². The van der Waals surface area contributed by atoms with Gasteiger partial charge in [-0.3, -0.25) is 4.79 Å². The van der Waals surface area contributed by atoms with E-state index in [1.165, 1.54) is 0 Å². The number of hydrogen-bond acceptors (Lipinski definition) is 2. The summed E-state index contributed by atoms with van der Waals surface area (Å²) in [4.78, 5) is 14.3. The molecule has 2 atom stereocenters. The molecule has 16 heavy (non-hydrogen) atoms. The lowest BCUT2D eigenvalue weighted by Gasteiger charge is -2.35. The van der Waals surface area contributed by atoms with Crippen molar-refractivity contribution in [2.24, 2.45) is 0 Å². The second kappa shape index (κ2) is 3.91. The number of nitrogens with one attached hydrogen (secondary N) is 1. The van der Waals surface area contributed by atoms with Crippen LogP contribution in [0.4, 0.5) is 0 Å². The number of rotatable bonds is 1. The van der Waals surface area contributed by atoms with Crippen LogP contribution in [-0.4, -0.2) is 29.9 Å². The van der Waals surface area contributed by atoms with Crippen molar-refractivity contribution in [3.05, 3.63) is 35.9 Å². The van der Waals surface area contributed by atoms with Gasteiger partial charge in [0, 0.05) is 19.1 Å². The van der Waals surface area contributed by atoms with Gasteiger partial charge in [-0.1, -0.05) is 30.3 Å². The molecular weight excluding hydrogens is 200 g/mol. The molecule has 0 bridgehead atoms. The Labute approximate surface area is 95.4 Å². The van der Waals surface area contributed by atoms with Crippen molar-refractivity contribution in [3.8, 4) is 0 Å². The molecule has 1 N–H and O–H groups in total. The largest absolute Gasteiger partial charge is 0.337 e. The topological polar surface area (TPSA) is 32.3 Å². The van der Waals surface area contributed by atoms with Crippen LogP contribution in [0.5, 0.6) is 0 Å². The van der Waals surface area contributed by atoms with Gasteiger partial charge in [-0.25, -0.2) is 0 Å². The third-order valence-electron chi connectivity index (χ3n) is 3.60. The van der Waals surface area contributed by atoms with E-state index in [1.54, 1.807) is 0 Å².